The first-order chi connectivity index (χ1) is 9.66. The van der Waals surface area contributed by atoms with Crippen molar-refractivity contribution in [1.82, 2.24) is 19.5 Å². The van der Waals surface area contributed by atoms with Gasteiger partial charge in [-0.3, -0.25) is 4.79 Å². The standard InChI is InChI=1S/C13H17N5O2/c1-16(2)12-9-10(15-11-3-4-14-18(11)12)13(19)17-5-7-20-8-6-17/h3-4,9H,5-8H2,1-2H3. The van der Waals surface area contributed by atoms with Gasteiger partial charge in [-0.05, 0) is 0 Å². The van der Waals surface area contributed by atoms with Crippen LogP contribution in [0.1, 0.15) is 10.5 Å². The normalized spacial score (nSPS) is 15.6. The molecule has 3 rings (SSSR count). The molecule has 0 saturated carbocycles. The molecule has 2 aromatic heterocycles. The van der Waals surface area contributed by atoms with Gasteiger partial charge in [-0.25, -0.2) is 4.98 Å². The van der Waals surface area contributed by atoms with Gasteiger partial charge in [0.05, 0.1) is 19.4 Å². The highest BCUT2D eigenvalue weighted by Gasteiger charge is 2.21. The second kappa shape index (κ2) is 5.09. The Balaban J connectivity index is 2.00. The van der Waals surface area contributed by atoms with E-state index in [1.807, 2.05) is 19.0 Å². The van der Waals surface area contributed by atoms with E-state index < -0.39 is 0 Å². The van der Waals surface area contributed by atoms with Crippen LogP contribution < -0.4 is 4.90 Å². The molecule has 106 valence electrons. The van der Waals surface area contributed by atoms with Crippen molar-refractivity contribution in [2.75, 3.05) is 45.3 Å². The lowest BCUT2D eigenvalue weighted by molar-refractivity contribution is 0.0299. The average molecular weight is 275 g/mol. The number of aromatic nitrogens is 3. The molecule has 0 radical (unpaired) electrons. The second-order valence-corrected chi connectivity index (χ2v) is 4.90. The van der Waals surface area contributed by atoms with Crippen LogP contribution in [0.15, 0.2) is 18.3 Å². The molecule has 7 heteroatoms. The minimum absolute atomic E-state index is 0.0555. The molecule has 0 bridgehead atoms. The second-order valence-electron chi connectivity index (χ2n) is 4.90. The van der Waals surface area contributed by atoms with Crippen molar-refractivity contribution in [3.8, 4) is 0 Å². The maximum absolute atomic E-state index is 12.5. The molecule has 1 aliphatic heterocycles. The van der Waals surface area contributed by atoms with E-state index in [2.05, 4.69) is 10.1 Å². The molecule has 7 nitrogen and oxygen atoms in total. The number of morpholine rings is 1. The van der Waals surface area contributed by atoms with E-state index in [0.29, 0.717) is 37.6 Å². The summed E-state index contributed by atoms with van der Waals surface area (Å²) in [7, 11) is 3.83. The van der Waals surface area contributed by atoms with Gasteiger partial charge in [-0.1, -0.05) is 0 Å². The third-order valence-electron chi connectivity index (χ3n) is 3.32. The number of carbonyl (C=O) groups excluding carboxylic acids is 1. The third kappa shape index (κ3) is 2.20. The van der Waals surface area contributed by atoms with Crippen LogP contribution in [0.4, 0.5) is 5.82 Å². The molecule has 0 spiro atoms. The summed E-state index contributed by atoms with van der Waals surface area (Å²) in [6, 6.07) is 3.57. The lowest BCUT2D eigenvalue weighted by atomic mass is 10.3. The van der Waals surface area contributed by atoms with Crippen molar-refractivity contribution < 1.29 is 9.53 Å². The zero-order valence-electron chi connectivity index (χ0n) is 11.6. The minimum Gasteiger partial charge on any atom is -0.378 e. The number of anilines is 1. The Morgan fingerprint density at radius 3 is 2.80 bits per heavy atom. The van der Waals surface area contributed by atoms with Crippen LogP contribution in [0.5, 0.6) is 0 Å². The number of ether oxygens (including phenoxy) is 1. The van der Waals surface area contributed by atoms with E-state index in [1.165, 1.54) is 0 Å². The summed E-state index contributed by atoms with van der Waals surface area (Å²) in [6.45, 7) is 2.40. The minimum atomic E-state index is -0.0555. The van der Waals surface area contributed by atoms with Crippen molar-refractivity contribution in [1.29, 1.82) is 0 Å². The summed E-state index contributed by atoms with van der Waals surface area (Å²) in [6.07, 6.45) is 1.68. The lowest BCUT2D eigenvalue weighted by Gasteiger charge is -2.26. The number of hydrogen-bond donors (Lipinski definition) is 0. The van der Waals surface area contributed by atoms with Gasteiger partial charge in [0.25, 0.3) is 5.91 Å². The Morgan fingerprint density at radius 2 is 2.10 bits per heavy atom. The predicted molar refractivity (Wildman–Crippen MR) is 74.0 cm³/mol. The highest BCUT2D eigenvalue weighted by Crippen LogP contribution is 2.16. The monoisotopic (exact) mass is 275 g/mol. The number of nitrogens with zero attached hydrogens (tertiary/aromatic N) is 5. The lowest BCUT2D eigenvalue weighted by Crippen LogP contribution is -2.41. The Hall–Kier alpha value is -2.15. The fourth-order valence-corrected chi connectivity index (χ4v) is 2.25. The summed E-state index contributed by atoms with van der Waals surface area (Å²) in [5.74, 6) is 0.775. The van der Waals surface area contributed by atoms with Crippen molar-refractivity contribution in [3.63, 3.8) is 0 Å². The molecule has 0 atom stereocenters. The number of fused-ring (bicyclic) bond motifs is 1. The molecule has 1 fully saturated rings. The molecule has 1 aliphatic rings. The maximum Gasteiger partial charge on any atom is 0.272 e. The molecular weight excluding hydrogens is 258 g/mol. The average Bonchev–Trinajstić information content (AvgIpc) is 2.94. The zero-order chi connectivity index (χ0) is 14.1. The number of carbonyl (C=O) groups is 1. The fourth-order valence-electron chi connectivity index (χ4n) is 2.25. The van der Waals surface area contributed by atoms with Gasteiger partial charge in [0.2, 0.25) is 0 Å². The number of rotatable bonds is 2. The SMILES string of the molecule is CN(C)c1cc(C(=O)N2CCOCC2)nc2ccnn12. The van der Waals surface area contributed by atoms with Gasteiger partial charge in [-0.2, -0.15) is 9.61 Å². The van der Waals surface area contributed by atoms with Crippen molar-refractivity contribution in [2.45, 2.75) is 0 Å². The largest absolute Gasteiger partial charge is 0.378 e. The Kier molecular flexibility index (Phi) is 3.27. The van der Waals surface area contributed by atoms with Gasteiger partial charge >= 0.3 is 0 Å². The van der Waals surface area contributed by atoms with Crippen LogP contribution in [0.2, 0.25) is 0 Å². The van der Waals surface area contributed by atoms with Crippen LogP contribution in [0.3, 0.4) is 0 Å². The summed E-state index contributed by atoms with van der Waals surface area (Å²) >= 11 is 0. The van der Waals surface area contributed by atoms with Gasteiger partial charge in [-0.15, -0.1) is 0 Å². The van der Waals surface area contributed by atoms with Crippen molar-refractivity contribution >= 4 is 17.4 Å². The first kappa shape index (κ1) is 12.9. The van der Waals surface area contributed by atoms with Gasteiger partial charge in [0.1, 0.15) is 11.5 Å². The van der Waals surface area contributed by atoms with Gasteiger partial charge < -0.3 is 14.5 Å². The van der Waals surface area contributed by atoms with E-state index >= 15 is 0 Å². The van der Waals surface area contributed by atoms with E-state index in [-0.39, 0.29) is 5.91 Å². The summed E-state index contributed by atoms with van der Waals surface area (Å²) in [4.78, 5) is 20.6. The van der Waals surface area contributed by atoms with E-state index in [9.17, 15) is 4.79 Å². The molecule has 0 N–H and O–H groups in total. The molecular formula is C13H17N5O2. The summed E-state index contributed by atoms with van der Waals surface area (Å²) in [5.41, 5.74) is 1.12. The Morgan fingerprint density at radius 1 is 1.35 bits per heavy atom. The first-order valence-electron chi connectivity index (χ1n) is 6.56. The van der Waals surface area contributed by atoms with Crippen LogP contribution in [0.25, 0.3) is 5.65 Å². The van der Waals surface area contributed by atoms with E-state index in [4.69, 9.17) is 4.74 Å². The Bertz CT molecular complexity index is 631. The van der Waals surface area contributed by atoms with Crippen LogP contribution in [-0.2, 0) is 4.74 Å². The predicted octanol–water partition coefficient (Wildman–Crippen LogP) is 0.268. The smallest absolute Gasteiger partial charge is 0.272 e. The van der Waals surface area contributed by atoms with Crippen LogP contribution in [0, 0.1) is 0 Å². The summed E-state index contributed by atoms with van der Waals surface area (Å²) in [5, 5.41) is 4.22. The van der Waals surface area contributed by atoms with Gasteiger partial charge in [0, 0.05) is 39.3 Å². The van der Waals surface area contributed by atoms with E-state index in [0.717, 1.165) is 5.82 Å². The molecule has 0 unspecified atom stereocenters. The maximum atomic E-state index is 12.5. The molecule has 0 aliphatic carbocycles. The molecule has 1 saturated heterocycles. The van der Waals surface area contributed by atoms with Crippen molar-refractivity contribution in [2.24, 2.45) is 0 Å². The molecule has 2 aromatic rings. The summed E-state index contributed by atoms with van der Waals surface area (Å²) < 4.78 is 6.99. The van der Waals surface area contributed by atoms with E-state index in [1.54, 1.807) is 27.7 Å². The third-order valence-corrected chi connectivity index (χ3v) is 3.32. The number of amides is 1. The van der Waals surface area contributed by atoms with Crippen molar-refractivity contribution in [3.05, 3.63) is 24.0 Å². The van der Waals surface area contributed by atoms with Gasteiger partial charge in [0.15, 0.2) is 5.65 Å². The van der Waals surface area contributed by atoms with Crippen LogP contribution in [-0.4, -0.2) is 65.8 Å². The topological polar surface area (TPSA) is 63.0 Å². The molecule has 20 heavy (non-hydrogen) atoms. The number of hydrogen-bond acceptors (Lipinski definition) is 5. The fraction of sp³-hybridized carbons (Fsp3) is 0.462. The molecule has 1 amide bonds. The van der Waals surface area contributed by atoms with Crippen LogP contribution >= 0.6 is 0 Å². The highest BCUT2D eigenvalue weighted by molar-refractivity contribution is 5.93. The zero-order valence-corrected chi connectivity index (χ0v) is 11.6. The quantitative estimate of drug-likeness (QED) is 0.787. The Labute approximate surface area is 116 Å². The highest BCUT2D eigenvalue weighted by atomic mass is 16.5. The molecule has 3 heterocycles. The first-order valence-corrected chi connectivity index (χ1v) is 6.56. The molecule has 0 aromatic carbocycles.